The fraction of sp³-hybridized carbons (Fsp3) is 0.333. The topological polar surface area (TPSA) is 48.6 Å². The van der Waals surface area contributed by atoms with Crippen LogP contribution in [0.2, 0.25) is 0 Å². The van der Waals surface area contributed by atoms with E-state index in [0.29, 0.717) is 17.4 Å². The molecule has 2 aromatic heterocycles. The average Bonchev–Trinajstić information content (AvgIpc) is 3.61. The third kappa shape index (κ3) is 5.64. The van der Waals surface area contributed by atoms with Gasteiger partial charge in [-0.25, -0.2) is 4.98 Å². The average molecular weight is 855 g/mol. The summed E-state index contributed by atoms with van der Waals surface area (Å²) in [6.45, 7) is 22.0. The van der Waals surface area contributed by atoms with E-state index in [1.54, 1.807) is 0 Å². The minimum Gasteiger partial charge on any atom is -0.508 e. The molecule has 2 aliphatic rings. The van der Waals surface area contributed by atoms with E-state index in [4.69, 9.17) is 19.5 Å². The van der Waals surface area contributed by atoms with Crippen molar-refractivity contribution in [3.05, 3.63) is 130 Å². The first-order valence-electron chi connectivity index (χ1n) is 17.7. The van der Waals surface area contributed by atoms with Crippen molar-refractivity contribution in [1.29, 1.82) is 0 Å². The first-order valence-corrected chi connectivity index (χ1v) is 17.7. The van der Waals surface area contributed by atoms with Crippen LogP contribution in [-0.4, -0.2) is 21.0 Å². The van der Waals surface area contributed by atoms with Crippen molar-refractivity contribution in [3.63, 3.8) is 0 Å². The van der Waals surface area contributed by atoms with Crippen molar-refractivity contribution in [2.24, 2.45) is 4.99 Å². The summed E-state index contributed by atoms with van der Waals surface area (Å²) in [5.74, 6) is 2.11. The van der Waals surface area contributed by atoms with Crippen LogP contribution in [0.3, 0.4) is 0 Å². The standard InChI is InChI=1S/C45H45N3O2.Pt/c1-26(2)30-20-31(42-47-44(9)25-38-29(5)28(4)13-15-39(38)45(44,10)50-42)22-35(21-30)49-34-19-27(3)18-33(24-34)48-40-16-14-32(43(6,7)8)23-37(40)36-12-11-17-46-41(36)48;/h11-21,23,26H,25H2,1-10H3;/q-2;+2/t44-,45+;/m1./s1. The molecule has 262 valence electrons. The van der Waals surface area contributed by atoms with Crippen molar-refractivity contribution in [1.82, 2.24) is 9.55 Å². The third-order valence-electron chi connectivity index (χ3n) is 11.2. The van der Waals surface area contributed by atoms with E-state index in [-0.39, 0.29) is 32.4 Å². The summed E-state index contributed by atoms with van der Waals surface area (Å²) >= 11 is 0. The molecule has 3 heterocycles. The van der Waals surface area contributed by atoms with Crippen LogP contribution in [-0.2, 0) is 43.2 Å². The molecule has 51 heavy (non-hydrogen) atoms. The predicted molar refractivity (Wildman–Crippen MR) is 203 cm³/mol. The molecule has 0 fully saturated rings. The van der Waals surface area contributed by atoms with Gasteiger partial charge in [-0.05, 0) is 85.5 Å². The van der Waals surface area contributed by atoms with Crippen LogP contribution in [0, 0.1) is 32.9 Å². The number of aryl methyl sites for hydroxylation is 2. The second kappa shape index (κ2) is 12.2. The second-order valence-electron chi connectivity index (χ2n) is 16.1. The zero-order chi connectivity index (χ0) is 35.3. The molecule has 0 N–H and O–H groups in total. The van der Waals surface area contributed by atoms with Crippen molar-refractivity contribution in [2.75, 3.05) is 0 Å². The number of fused-ring (bicyclic) bond motifs is 6. The molecule has 0 saturated carbocycles. The van der Waals surface area contributed by atoms with Crippen LogP contribution >= 0.6 is 0 Å². The molecule has 1 aliphatic carbocycles. The zero-order valence-corrected chi connectivity index (χ0v) is 33.5. The first kappa shape index (κ1) is 35.2. The smallest absolute Gasteiger partial charge is 0.508 e. The van der Waals surface area contributed by atoms with Gasteiger partial charge in [-0.3, -0.25) is 4.99 Å². The van der Waals surface area contributed by atoms with Crippen molar-refractivity contribution >= 4 is 27.8 Å². The van der Waals surface area contributed by atoms with Crippen molar-refractivity contribution in [2.45, 2.75) is 98.1 Å². The monoisotopic (exact) mass is 854 g/mol. The van der Waals surface area contributed by atoms with Gasteiger partial charge in [0.05, 0.1) is 11.1 Å². The molecule has 4 aromatic carbocycles. The van der Waals surface area contributed by atoms with Gasteiger partial charge in [-0.2, -0.15) is 5.56 Å². The van der Waals surface area contributed by atoms with Gasteiger partial charge in [-0.1, -0.05) is 83.1 Å². The minimum absolute atomic E-state index is 0. The van der Waals surface area contributed by atoms with Gasteiger partial charge < -0.3 is 14.0 Å². The molecule has 6 aromatic rings. The summed E-state index contributed by atoms with van der Waals surface area (Å²) in [6, 6.07) is 30.8. The number of benzene rings is 4. The Hall–Kier alpha value is -4.21. The number of aliphatic imine (C=N–C) groups is 1. The molecular formula is C45H45N3O2Pt. The Labute approximate surface area is 316 Å². The van der Waals surface area contributed by atoms with Gasteiger partial charge in [0.15, 0.2) is 0 Å². The summed E-state index contributed by atoms with van der Waals surface area (Å²) in [5, 5.41) is 2.30. The Morgan fingerprint density at radius 1 is 0.902 bits per heavy atom. The maximum Gasteiger partial charge on any atom is 2.00 e. The summed E-state index contributed by atoms with van der Waals surface area (Å²) in [4.78, 5) is 10.1. The minimum atomic E-state index is -0.554. The van der Waals surface area contributed by atoms with Gasteiger partial charge in [0.25, 0.3) is 0 Å². The fourth-order valence-electron chi connectivity index (χ4n) is 7.80. The summed E-state index contributed by atoms with van der Waals surface area (Å²) in [6.07, 6.45) is 2.70. The number of aromatic nitrogens is 2. The first-order chi connectivity index (χ1) is 23.6. The molecule has 0 spiro atoms. The Morgan fingerprint density at radius 2 is 1.67 bits per heavy atom. The second-order valence-corrected chi connectivity index (χ2v) is 16.1. The number of pyridine rings is 1. The normalized spacial score (nSPS) is 19.5. The Morgan fingerprint density at radius 3 is 2.41 bits per heavy atom. The van der Waals surface area contributed by atoms with E-state index in [1.165, 1.54) is 33.2 Å². The van der Waals surface area contributed by atoms with Crippen molar-refractivity contribution < 1.29 is 30.5 Å². The van der Waals surface area contributed by atoms with E-state index >= 15 is 0 Å². The Balaban J connectivity index is 0.00000406. The Bertz CT molecular complexity index is 2400. The van der Waals surface area contributed by atoms with Gasteiger partial charge in [0, 0.05) is 40.5 Å². The summed E-state index contributed by atoms with van der Waals surface area (Å²) in [7, 11) is 0. The Kier molecular flexibility index (Phi) is 8.42. The molecule has 1 aliphatic heterocycles. The molecule has 0 amide bonds. The predicted octanol–water partition coefficient (Wildman–Crippen LogP) is 10.9. The van der Waals surface area contributed by atoms with Crippen LogP contribution in [0.4, 0.5) is 0 Å². The fourth-order valence-corrected chi connectivity index (χ4v) is 7.80. The van der Waals surface area contributed by atoms with Gasteiger partial charge in [-0.15, -0.1) is 29.8 Å². The number of rotatable bonds is 5. The van der Waals surface area contributed by atoms with Gasteiger partial charge in [0.2, 0.25) is 0 Å². The maximum absolute atomic E-state index is 6.87. The largest absolute Gasteiger partial charge is 2.00 e. The number of hydrogen-bond donors (Lipinski definition) is 0. The molecule has 0 saturated heterocycles. The zero-order valence-electron chi connectivity index (χ0n) is 31.2. The van der Waals surface area contributed by atoms with E-state index < -0.39 is 11.1 Å². The summed E-state index contributed by atoms with van der Waals surface area (Å²) in [5.41, 5.74) is 11.5. The number of nitrogens with zero attached hydrogens (tertiary/aromatic N) is 3. The van der Waals surface area contributed by atoms with Crippen LogP contribution in [0.5, 0.6) is 11.5 Å². The SMILES string of the molecule is Cc1cc(Oc2[c-]c(C3=N[C@]4(C)Cc5c(ccc(C)c5C)[C@]4(C)O3)cc(C(C)C)c2)[c-]c(-n2c3ccc(C(C)(C)C)cc3c3cccnc32)c1.[Pt+2]. The van der Waals surface area contributed by atoms with Gasteiger partial charge in [0.1, 0.15) is 17.1 Å². The van der Waals surface area contributed by atoms with Gasteiger partial charge >= 0.3 is 21.1 Å². The number of hydrogen-bond acceptors (Lipinski definition) is 4. The van der Waals surface area contributed by atoms with E-state index in [1.807, 2.05) is 18.3 Å². The molecule has 8 rings (SSSR count). The molecule has 0 bridgehead atoms. The molecule has 2 atom stereocenters. The van der Waals surface area contributed by atoms with E-state index in [9.17, 15) is 0 Å². The molecule has 0 radical (unpaired) electrons. The van der Waals surface area contributed by atoms with Crippen LogP contribution in [0.25, 0.3) is 27.6 Å². The molecule has 6 heteroatoms. The van der Waals surface area contributed by atoms with Crippen molar-refractivity contribution in [3.8, 4) is 17.2 Å². The third-order valence-corrected chi connectivity index (χ3v) is 11.2. The maximum atomic E-state index is 6.87. The van der Waals surface area contributed by atoms with Crippen LogP contribution in [0.1, 0.15) is 98.9 Å². The summed E-state index contributed by atoms with van der Waals surface area (Å²) < 4.78 is 15.7. The quantitative estimate of drug-likeness (QED) is 0.162. The molecule has 5 nitrogen and oxygen atoms in total. The number of ether oxygens (including phenoxy) is 2. The van der Waals surface area contributed by atoms with E-state index in [0.717, 1.165) is 45.3 Å². The van der Waals surface area contributed by atoms with E-state index in [2.05, 4.69) is 141 Å². The van der Waals surface area contributed by atoms with Crippen LogP contribution < -0.4 is 4.74 Å². The molecular weight excluding hydrogens is 810 g/mol. The molecule has 0 unspecified atom stereocenters. The van der Waals surface area contributed by atoms with Crippen LogP contribution in [0.15, 0.2) is 77.9 Å².